The molecule has 45 heavy (non-hydrogen) atoms. The van der Waals surface area contributed by atoms with Gasteiger partial charge in [0.1, 0.15) is 0 Å². The first kappa shape index (κ1) is 30.4. The van der Waals surface area contributed by atoms with Crippen LogP contribution in [0.2, 0.25) is 0 Å². The molecule has 0 amide bonds. The van der Waals surface area contributed by atoms with Crippen molar-refractivity contribution < 1.29 is 65.9 Å². The van der Waals surface area contributed by atoms with Crippen LogP contribution in [0.25, 0.3) is 21.9 Å². The van der Waals surface area contributed by atoms with Crippen LogP contribution < -0.4 is 16.4 Å². The molecular weight excluding hydrogens is 644 g/mol. The molecule has 0 aliphatic heterocycles. The molecule has 1 aliphatic carbocycles. The predicted octanol–water partition coefficient (Wildman–Crippen LogP) is 7.01. The second-order valence-electron chi connectivity index (χ2n) is 9.84. The second-order valence-corrected chi connectivity index (χ2v) is 9.84. The van der Waals surface area contributed by atoms with Gasteiger partial charge in [0.25, 0.3) is 6.71 Å². The van der Waals surface area contributed by atoms with Gasteiger partial charge in [-0.3, -0.25) is 0 Å². The molecule has 1 aliphatic rings. The van der Waals surface area contributed by atoms with E-state index in [4.69, 9.17) is 0 Å². The molecular formula is C29H6BF15. The Morgan fingerprint density at radius 3 is 1.47 bits per heavy atom. The monoisotopic (exact) mass is 650 g/mol. The normalized spacial score (nSPS) is 12.2. The maximum absolute atomic E-state index is 15.8. The molecule has 0 atom stereocenters. The highest BCUT2D eigenvalue weighted by Crippen LogP contribution is 2.42. The minimum Gasteiger partial charge on any atom is -0.204 e. The van der Waals surface area contributed by atoms with E-state index in [0.29, 0.717) is 6.07 Å². The van der Waals surface area contributed by atoms with Gasteiger partial charge >= 0.3 is 0 Å². The van der Waals surface area contributed by atoms with Gasteiger partial charge in [-0.1, -0.05) is 12.1 Å². The lowest BCUT2D eigenvalue weighted by Crippen LogP contribution is -2.59. The zero-order valence-electron chi connectivity index (χ0n) is 21.3. The Hall–Kier alpha value is -4.63. The van der Waals surface area contributed by atoms with Crippen LogP contribution in [-0.4, -0.2) is 6.71 Å². The summed E-state index contributed by atoms with van der Waals surface area (Å²) >= 11 is 0. The molecule has 230 valence electrons. The Bertz CT molecular complexity index is 2130. The van der Waals surface area contributed by atoms with Crippen molar-refractivity contribution in [2.24, 2.45) is 0 Å². The molecule has 0 radical (unpaired) electrons. The third-order valence-electron chi connectivity index (χ3n) is 7.60. The lowest BCUT2D eigenvalue weighted by atomic mass is 9.34. The number of halogens is 15. The van der Waals surface area contributed by atoms with Gasteiger partial charge in [0, 0.05) is 16.6 Å². The van der Waals surface area contributed by atoms with Crippen molar-refractivity contribution in [1.82, 2.24) is 0 Å². The highest BCUT2D eigenvalue weighted by molar-refractivity contribution is 6.97. The van der Waals surface area contributed by atoms with Gasteiger partial charge in [-0.2, -0.15) is 0 Å². The number of fused-ring (bicyclic) bond motifs is 4. The molecule has 0 spiro atoms. The largest absolute Gasteiger partial charge is 0.258 e. The molecule has 0 heterocycles. The van der Waals surface area contributed by atoms with Crippen LogP contribution in [0.4, 0.5) is 65.9 Å². The summed E-state index contributed by atoms with van der Waals surface area (Å²) in [6.07, 6.45) is -0.983. The summed E-state index contributed by atoms with van der Waals surface area (Å²) in [5.41, 5.74) is -9.68. The molecule has 0 saturated carbocycles. The van der Waals surface area contributed by atoms with E-state index in [0.717, 1.165) is 6.07 Å². The van der Waals surface area contributed by atoms with Gasteiger partial charge in [-0.05, 0) is 46.0 Å². The maximum atomic E-state index is 15.8. The zero-order chi connectivity index (χ0) is 33.0. The fraction of sp³-hybridized carbons (Fsp3) is 0.0345. The van der Waals surface area contributed by atoms with E-state index in [1.165, 1.54) is 0 Å². The van der Waals surface area contributed by atoms with Crippen molar-refractivity contribution in [3.8, 4) is 11.1 Å². The zero-order valence-corrected chi connectivity index (χ0v) is 21.3. The molecule has 0 N–H and O–H groups in total. The third kappa shape index (κ3) is 3.99. The van der Waals surface area contributed by atoms with Gasteiger partial charge in [0.05, 0.1) is 5.39 Å². The molecule has 0 aromatic heterocycles. The number of hydrogen-bond acceptors (Lipinski definition) is 0. The summed E-state index contributed by atoms with van der Waals surface area (Å²) in [5.74, 6) is -36.8. The van der Waals surface area contributed by atoms with Crippen LogP contribution in [0.1, 0.15) is 11.1 Å². The summed E-state index contributed by atoms with van der Waals surface area (Å²) < 4.78 is 223. The van der Waals surface area contributed by atoms with Crippen LogP contribution in [0.5, 0.6) is 0 Å². The fourth-order valence-electron chi connectivity index (χ4n) is 5.69. The Labute approximate surface area is 240 Å². The van der Waals surface area contributed by atoms with Crippen LogP contribution in [0.3, 0.4) is 0 Å². The molecule has 6 rings (SSSR count). The summed E-state index contributed by atoms with van der Waals surface area (Å²) in [5, 5.41) is -3.15. The summed E-state index contributed by atoms with van der Waals surface area (Å²) in [4.78, 5) is 0. The van der Waals surface area contributed by atoms with E-state index in [1.54, 1.807) is 0 Å². The number of hydrogen-bond donors (Lipinski definition) is 0. The van der Waals surface area contributed by atoms with Gasteiger partial charge in [-0.15, -0.1) is 0 Å². The predicted molar refractivity (Wildman–Crippen MR) is 129 cm³/mol. The molecule has 0 bridgehead atoms. The topological polar surface area (TPSA) is 0 Å². The van der Waals surface area contributed by atoms with Crippen molar-refractivity contribution in [1.29, 1.82) is 0 Å². The molecule has 0 fully saturated rings. The first-order valence-corrected chi connectivity index (χ1v) is 12.2. The van der Waals surface area contributed by atoms with E-state index < -0.39 is 150 Å². The molecule has 0 unspecified atom stereocenters. The molecule has 0 nitrogen and oxygen atoms in total. The van der Waals surface area contributed by atoms with E-state index in [-0.39, 0.29) is 12.1 Å². The van der Waals surface area contributed by atoms with Gasteiger partial charge in [-0.25, -0.2) is 65.9 Å². The van der Waals surface area contributed by atoms with Crippen molar-refractivity contribution >= 4 is 33.9 Å². The highest BCUT2D eigenvalue weighted by Gasteiger charge is 2.45. The van der Waals surface area contributed by atoms with E-state index >= 15 is 26.3 Å². The second kappa shape index (κ2) is 10.2. The first-order chi connectivity index (χ1) is 21.1. The number of rotatable bonds is 3. The van der Waals surface area contributed by atoms with Crippen LogP contribution in [0, 0.1) is 87.3 Å². The quantitative estimate of drug-likeness (QED) is 0.0838. The first-order valence-electron chi connectivity index (χ1n) is 12.2. The van der Waals surface area contributed by atoms with Crippen molar-refractivity contribution in [3.05, 3.63) is 123 Å². The molecule has 0 saturated heterocycles. The summed E-state index contributed by atoms with van der Waals surface area (Å²) in [6.45, 7) is -3.33. The van der Waals surface area contributed by atoms with Crippen molar-refractivity contribution in [2.45, 2.75) is 6.42 Å². The smallest absolute Gasteiger partial charge is 0.204 e. The summed E-state index contributed by atoms with van der Waals surface area (Å²) in [6, 6.07) is 1.70. The minimum atomic E-state index is -3.33. The molecule has 16 heteroatoms. The Balaban J connectivity index is 1.89. The Morgan fingerprint density at radius 2 is 0.844 bits per heavy atom. The number of benzene rings is 5. The lowest BCUT2D eigenvalue weighted by Gasteiger charge is -2.24. The average molecular weight is 650 g/mol. The molecule has 5 aromatic carbocycles. The van der Waals surface area contributed by atoms with E-state index in [9.17, 15) is 39.5 Å². The molecule has 5 aromatic rings. The van der Waals surface area contributed by atoms with Crippen molar-refractivity contribution in [3.63, 3.8) is 0 Å². The minimum absolute atomic E-state index is 0.146. The maximum Gasteiger partial charge on any atom is 0.258 e. The lowest BCUT2D eigenvalue weighted by molar-refractivity contribution is 0.384. The van der Waals surface area contributed by atoms with Crippen molar-refractivity contribution in [2.75, 3.05) is 0 Å². The Morgan fingerprint density at radius 1 is 0.378 bits per heavy atom. The van der Waals surface area contributed by atoms with Crippen LogP contribution in [0.15, 0.2) is 24.3 Å². The Kier molecular flexibility index (Phi) is 6.90. The summed E-state index contributed by atoms with van der Waals surface area (Å²) in [7, 11) is 0. The van der Waals surface area contributed by atoms with Crippen LogP contribution in [-0.2, 0) is 6.42 Å². The van der Waals surface area contributed by atoms with E-state index in [1.807, 2.05) is 0 Å². The fourth-order valence-corrected chi connectivity index (χ4v) is 5.69. The van der Waals surface area contributed by atoms with Gasteiger partial charge < -0.3 is 0 Å². The SMILES string of the molecule is Fc1ccc2c(c1F)-c1c(F)c(F)c(F)c(B(c3c(F)c(F)c(F)c(F)c3F)c3c(F)c(F)c(F)c4c(F)c(F)ccc34)c1C2. The van der Waals surface area contributed by atoms with E-state index in [2.05, 4.69) is 0 Å². The highest BCUT2D eigenvalue weighted by atomic mass is 19.2. The third-order valence-corrected chi connectivity index (χ3v) is 7.60. The van der Waals surface area contributed by atoms with Gasteiger partial charge in [0.2, 0.25) is 0 Å². The average Bonchev–Trinajstić information content (AvgIpc) is 3.40. The van der Waals surface area contributed by atoms with Gasteiger partial charge in [0.15, 0.2) is 87.3 Å². The standard InChI is InChI=1S/C29H6BF15/c31-9-3-1-6-5-8-12(11(6)17(9)33)19(35)25(41)22(38)15(8)30(16-23(39)27(43)29(45)28(44)24(16)40)14-7-2-4-10(32)18(34)13(7)20(36)26(42)21(14)37/h1-4H,5H2. The van der Waals surface area contributed by atoms with Crippen LogP contribution >= 0.6 is 0 Å².